The van der Waals surface area contributed by atoms with Crippen LogP contribution in [0.1, 0.15) is 28.1 Å². The van der Waals surface area contributed by atoms with Crippen molar-refractivity contribution < 1.29 is 0 Å². The van der Waals surface area contributed by atoms with Gasteiger partial charge in [0.1, 0.15) is 0 Å². The fourth-order valence-corrected chi connectivity index (χ4v) is 1.93. The fourth-order valence-electron chi connectivity index (χ4n) is 1.93. The monoisotopic (exact) mass is 176 g/mol. The molecule has 2 heterocycles. The summed E-state index contributed by atoms with van der Waals surface area (Å²) in [6, 6.07) is 0. The molecule has 0 spiro atoms. The Hall–Kier alpha value is -0.890. The molecule has 2 rings (SSSR count). The second-order valence-corrected chi connectivity index (χ2v) is 3.80. The number of nitrogens with one attached hydrogen (secondary N) is 1. The van der Waals surface area contributed by atoms with E-state index in [1.165, 1.54) is 28.1 Å². The number of hydrogen-bond acceptors (Lipinski definition) is 2. The van der Waals surface area contributed by atoms with Crippen molar-refractivity contribution in [3.8, 4) is 0 Å². The van der Waals surface area contributed by atoms with E-state index in [1.54, 1.807) is 0 Å². The molecule has 0 fully saturated rings. The minimum absolute atomic E-state index is 0.995. The number of nitrogens with zero attached hydrogens (tertiary/aromatic N) is 1. The fraction of sp³-hybridized carbons (Fsp3) is 0.545. The van der Waals surface area contributed by atoms with Crippen LogP contribution < -0.4 is 5.32 Å². The molecule has 2 heteroatoms. The Bertz CT molecular complexity index is 342. The van der Waals surface area contributed by atoms with Crippen molar-refractivity contribution in [2.45, 2.75) is 33.7 Å². The smallest absolute Gasteiger partial charge is 0.0467 e. The van der Waals surface area contributed by atoms with Gasteiger partial charge in [0, 0.05) is 30.9 Å². The second-order valence-electron chi connectivity index (χ2n) is 3.80. The van der Waals surface area contributed by atoms with Crippen molar-refractivity contribution >= 4 is 0 Å². The quantitative estimate of drug-likeness (QED) is 0.650. The van der Waals surface area contributed by atoms with Gasteiger partial charge in [0.25, 0.3) is 0 Å². The summed E-state index contributed by atoms with van der Waals surface area (Å²) in [5.41, 5.74) is 6.70. The molecular formula is C11H16N2. The van der Waals surface area contributed by atoms with Gasteiger partial charge in [0.05, 0.1) is 0 Å². The first kappa shape index (κ1) is 8.70. The zero-order chi connectivity index (χ0) is 9.42. The van der Waals surface area contributed by atoms with Crippen LogP contribution in [-0.4, -0.2) is 11.5 Å². The van der Waals surface area contributed by atoms with E-state index in [0.29, 0.717) is 0 Å². The summed E-state index contributed by atoms with van der Waals surface area (Å²) in [5, 5.41) is 3.39. The average Bonchev–Trinajstić information content (AvgIpc) is 2.15. The molecular weight excluding hydrogens is 160 g/mol. The molecule has 0 saturated heterocycles. The van der Waals surface area contributed by atoms with E-state index in [1.807, 2.05) is 0 Å². The molecule has 13 heavy (non-hydrogen) atoms. The first-order chi connectivity index (χ1) is 6.20. The third-order valence-corrected chi connectivity index (χ3v) is 3.05. The Labute approximate surface area is 79.4 Å². The van der Waals surface area contributed by atoms with Gasteiger partial charge in [-0.15, -0.1) is 0 Å². The predicted molar refractivity (Wildman–Crippen MR) is 53.9 cm³/mol. The molecule has 0 atom stereocenters. The van der Waals surface area contributed by atoms with E-state index in [4.69, 9.17) is 0 Å². The molecule has 0 aromatic carbocycles. The lowest BCUT2D eigenvalue weighted by atomic mass is 9.97. The topological polar surface area (TPSA) is 24.9 Å². The van der Waals surface area contributed by atoms with Crippen LogP contribution in [-0.2, 0) is 13.0 Å². The second kappa shape index (κ2) is 3.11. The maximum Gasteiger partial charge on any atom is 0.0467 e. The first-order valence-corrected chi connectivity index (χ1v) is 4.86. The molecule has 0 amide bonds. The third-order valence-electron chi connectivity index (χ3n) is 3.05. The molecule has 2 nitrogen and oxygen atoms in total. The molecule has 0 radical (unpaired) electrons. The van der Waals surface area contributed by atoms with E-state index in [0.717, 1.165) is 19.5 Å². The van der Waals surface area contributed by atoms with Gasteiger partial charge >= 0.3 is 0 Å². The lowest BCUT2D eigenvalue weighted by molar-refractivity contribution is 0.623. The molecule has 1 aromatic rings. The van der Waals surface area contributed by atoms with E-state index >= 15 is 0 Å². The first-order valence-electron chi connectivity index (χ1n) is 4.86. The minimum Gasteiger partial charge on any atom is -0.312 e. The van der Waals surface area contributed by atoms with Crippen molar-refractivity contribution in [3.63, 3.8) is 0 Å². The van der Waals surface area contributed by atoms with Crippen LogP contribution in [0.15, 0.2) is 0 Å². The number of pyridine rings is 1. The molecule has 0 unspecified atom stereocenters. The number of rotatable bonds is 0. The Morgan fingerprint density at radius 2 is 1.92 bits per heavy atom. The summed E-state index contributed by atoms with van der Waals surface area (Å²) in [6.45, 7) is 8.53. The van der Waals surface area contributed by atoms with Gasteiger partial charge in [0.15, 0.2) is 0 Å². The van der Waals surface area contributed by atoms with Crippen LogP contribution in [0.3, 0.4) is 0 Å². The maximum atomic E-state index is 4.63. The molecule has 1 aliphatic rings. The summed E-state index contributed by atoms with van der Waals surface area (Å²) in [5.74, 6) is 0. The Balaban J connectivity index is 2.60. The molecule has 1 aliphatic heterocycles. The van der Waals surface area contributed by atoms with Gasteiger partial charge in [0.2, 0.25) is 0 Å². The molecule has 1 N–H and O–H groups in total. The third kappa shape index (κ3) is 1.35. The van der Waals surface area contributed by atoms with Crippen LogP contribution in [0.5, 0.6) is 0 Å². The van der Waals surface area contributed by atoms with Crippen molar-refractivity contribution in [2.24, 2.45) is 0 Å². The zero-order valence-corrected chi connectivity index (χ0v) is 8.57. The largest absolute Gasteiger partial charge is 0.312 e. The number of fused-ring (bicyclic) bond motifs is 1. The van der Waals surface area contributed by atoms with Gasteiger partial charge in [-0.2, -0.15) is 0 Å². The van der Waals surface area contributed by atoms with Gasteiger partial charge in [-0.05, 0) is 37.5 Å². The number of aromatic nitrogens is 1. The van der Waals surface area contributed by atoms with E-state index < -0.39 is 0 Å². The van der Waals surface area contributed by atoms with Gasteiger partial charge in [-0.1, -0.05) is 0 Å². The summed E-state index contributed by atoms with van der Waals surface area (Å²) in [6.07, 6.45) is 1.08. The highest BCUT2D eigenvalue weighted by Gasteiger charge is 2.14. The lowest BCUT2D eigenvalue weighted by Crippen LogP contribution is -2.26. The van der Waals surface area contributed by atoms with Crippen molar-refractivity contribution in [2.75, 3.05) is 6.54 Å². The minimum atomic E-state index is 0.995. The summed E-state index contributed by atoms with van der Waals surface area (Å²) >= 11 is 0. The van der Waals surface area contributed by atoms with Crippen molar-refractivity contribution in [1.82, 2.24) is 10.3 Å². The van der Waals surface area contributed by atoms with Gasteiger partial charge in [-0.3, -0.25) is 4.98 Å². The summed E-state index contributed by atoms with van der Waals surface area (Å²) in [4.78, 5) is 4.63. The maximum absolute atomic E-state index is 4.63. The number of hydrogen-bond donors (Lipinski definition) is 1. The lowest BCUT2D eigenvalue weighted by Gasteiger charge is -2.20. The average molecular weight is 176 g/mol. The van der Waals surface area contributed by atoms with Crippen molar-refractivity contribution in [1.29, 1.82) is 0 Å². The Morgan fingerprint density at radius 3 is 2.69 bits per heavy atom. The SMILES string of the molecule is Cc1nc2c(c(C)c1C)CNCC2. The Morgan fingerprint density at radius 1 is 1.15 bits per heavy atom. The highest BCUT2D eigenvalue weighted by atomic mass is 14.9. The summed E-state index contributed by atoms with van der Waals surface area (Å²) < 4.78 is 0. The van der Waals surface area contributed by atoms with Gasteiger partial charge in [-0.25, -0.2) is 0 Å². The van der Waals surface area contributed by atoms with Crippen LogP contribution in [0.2, 0.25) is 0 Å². The van der Waals surface area contributed by atoms with Crippen LogP contribution in [0.25, 0.3) is 0 Å². The van der Waals surface area contributed by atoms with Crippen molar-refractivity contribution in [3.05, 3.63) is 28.1 Å². The summed E-state index contributed by atoms with van der Waals surface area (Å²) in [7, 11) is 0. The highest BCUT2D eigenvalue weighted by molar-refractivity contribution is 5.39. The normalized spacial score (nSPS) is 15.6. The zero-order valence-electron chi connectivity index (χ0n) is 8.57. The van der Waals surface area contributed by atoms with Crippen LogP contribution in [0.4, 0.5) is 0 Å². The predicted octanol–water partition coefficient (Wildman–Crippen LogP) is 1.65. The van der Waals surface area contributed by atoms with Crippen LogP contribution >= 0.6 is 0 Å². The number of aryl methyl sites for hydroxylation is 1. The van der Waals surface area contributed by atoms with E-state index in [-0.39, 0.29) is 0 Å². The molecule has 0 bridgehead atoms. The Kier molecular flexibility index (Phi) is 2.08. The standard InChI is InChI=1S/C11H16N2/c1-7-8(2)10-6-12-5-4-11(10)13-9(7)3/h12H,4-6H2,1-3H3. The van der Waals surface area contributed by atoms with E-state index in [9.17, 15) is 0 Å². The molecule has 0 saturated carbocycles. The molecule has 0 aliphatic carbocycles. The molecule has 70 valence electrons. The highest BCUT2D eigenvalue weighted by Crippen LogP contribution is 2.21. The molecule has 1 aromatic heterocycles. The van der Waals surface area contributed by atoms with Crippen LogP contribution in [0, 0.1) is 20.8 Å². The van der Waals surface area contributed by atoms with Gasteiger partial charge < -0.3 is 5.32 Å². The van der Waals surface area contributed by atoms with E-state index in [2.05, 4.69) is 31.1 Å².